The molecule has 0 heterocycles. The number of nitrogen functional groups attached to an aromatic ring is 1. The van der Waals surface area contributed by atoms with Crippen molar-refractivity contribution in [3.05, 3.63) is 29.8 Å². The van der Waals surface area contributed by atoms with Gasteiger partial charge < -0.3 is 20.9 Å². The van der Waals surface area contributed by atoms with Gasteiger partial charge >= 0.3 is 6.09 Å². The molecule has 5 heteroatoms. The molecule has 0 aliphatic carbocycles. The first-order valence-corrected chi connectivity index (χ1v) is 6.50. The van der Waals surface area contributed by atoms with Crippen LogP contribution in [0, 0.1) is 0 Å². The monoisotopic (exact) mass is 278 g/mol. The maximum Gasteiger partial charge on any atom is 0.407 e. The number of benzene rings is 1. The number of nitrogens with two attached hydrogens (primary N) is 1. The van der Waals surface area contributed by atoms with Gasteiger partial charge in [-0.3, -0.25) is 0 Å². The summed E-state index contributed by atoms with van der Waals surface area (Å²) in [7, 11) is 0. The summed E-state index contributed by atoms with van der Waals surface area (Å²) >= 11 is 0. The molecule has 0 atom stereocenters. The third-order valence-electron chi connectivity index (χ3n) is 2.34. The molecule has 1 aromatic rings. The fourth-order valence-corrected chi connectivity index (χ4v) is 1.46. The zero-order chi connectivity index (χ0) is 15.2. The van der Waals surface area contributed by atoms with Crippen LogP contribution in [0.4, 0.5) is 10.5 Å². The van der Waals surface area contributed by atoms with E-state index in [0.717, 1.165) is 5.56 Å². The Morgan fingerprint density at radius 3 is 2.75 bits per heavy atom. The predicted octanol–water partition coefficient (Wildman–Crippen LogP) is 2.90. The molecule has 0 spiro atoms. The lowest BCUT2D eigenvalue weighted by molar-refractivity contribution is 0.0529. The van der Waals surface area contributed by atoms with Crippen molar-refractivity contribution in [2.45, 2.75) is 32.8 Å². The number of nitrogens with one attached hydrogen (secondary N) is 1. The molecule has 0 aliphatic rings. The number of carbonyl (C=O) groups is 1. The number of anilines is 1. The van der Waals surface area contributed by atoms with Gasteiger partial charge in [0.25, 0.3) is 0 Å². The summed E-state index contributed by atoms with van der Waals surface area (Å²) in [6.07, 6.45) is 4.01. The number of hydrogen-bond acceptors (Lipinski definition) is 4. The molecule has 0 saturated carbocycles. The Balaban J connectivity index is 2.32. The third-order valence-corrected chi connectivity index (χ3v) is 2.34. The molecule has 1 rings (SSSR count). The largest absolute Gasteiger partial charge is 0.506 e. The first-order chi connectivity index (χ1) is 9.28. The maximum absolute atomic E-state index is 11.4. The molecule has 5 nitrogen and oxygen atoms in total. The van der Waals surface area contributed by atoms with Crippen LogP contribution < -0.4 is 11.1 Å². The molecule has 1 amide bonds. The second-order valence-electron chi connectivity index (χ2n) is 5.44. The lowest BCUT2D eigenvalue weighted by Gasteiger charge is -2.19. The topological polar surface area (TPSA) is 84.6 Å². The molecule has 0 saturated heterocycles. The van der Waals surface area contributed by atoms with Crippen molar-refractivity contribution < 1.29 is 14.6 Å². The number of carbonyl (C=O) groups excluding carboxylic acids is 1. The number of amides is 1. The van der Waals surface area contributed by atoms with Crippen molar-refractivity contribution in [2.24, 2.45) is 0 Å². The van der Waals surface area contributed by atoms with E-state index in [1.165, 1.54) is 0 Å². The molecule has 0 fully saturated rings. The van der Waals surface area contributed by atoms with E-state index in [0.29, 0.717) is 18.7 Å². The van der Waals surface area contributed by atoms with Crippen LogP contribution in [0.3, 0.4) is 0 Å². The van der Waals surface area contributed by atoms with Crippen LogP contribution in [0.5, 0.6) is 5.75 Å². The first-order valence-electron chi connectivity index (χ1n) is 6.50. The van der Waals surface area contributed by atoms with Crippen LogP contribution in [0.2, 0.25) is 0 Å². The van der Waals surface area contributed by atoms with E-state index >= 15 is 0 Å². The van der Waals surface area contributed by atoms with Crippen LogP contribution in [-0.2, 0) is 4.74 Å². The molecule has 0 bridgehead atoms. The maximum atomic E-state index is 11.4. The predicted molar refractivity (Wildman–Crippen MR) is 80.4 cm³/mol. The van der Waals surface area contributed by atoms with Gasteiger partial charge in [-0.1, -0.05) is 18.2 Å². The standard InChI is InChI=1S/C15H22N2O3/c1-15(2,3)20-14(19)17-9-5-4-6-11-7-8-12(16)13(18)10-11/h4,6-8,10,18H,5,9,16H2,1-3H3,(H,17,19). The highest BCUT2D eigenvalue weighted by atomic mass is 16.6. The summed E-state index contributed by atoms with van der Waals surface area (Å²) in [5.74, 6) is 0.0685. The fraction of sp³-hybridized carbons (Fsp3) is 0.400. The van der Waals surface area contributed by atoms with Gasteiger partial charge in [0.15, 0.2) is 0 Å². The molecule has 110 valence electrons. The minimum Gasteiger partial charge on any atom is -0.506 e. The zero-order valence-corrected chi connectivity index (χ0v) is 12.1. The molecule has 0 unspecified atom stereocenters. The zero-order valence-electron chi connectivity index (χ0n) is 12.1. The van der Waals surface area contributed by atoms with Gasteiger partial charge in [0.05, 0.1) is 5.69 Å². The quantitative estimate of drug-likeness (QED) is 0.449. The SMILES string of the molecule is CC(C)(C)OC(=O)NCCC=Cc1ccc(N)c(O)c1. The van der Waals surface area contributed by atoms with Crippen molar-refractivity contribution in [1.29, 1.82) is 0 Å². The highest BCUT2D eigenvalue weighted by Gasteiger charge is 2.15. The lowest BCUT2D eigenvalue weighted by Crippen LogP contribution is -2.32. The van der Waals surface area contributed by atoms with E-state index in [9.17, 15) is 9.90 Å². The smallest absolute Gasteiger partial charge is 0.407 e. The molecule has 0 aliphatic heterocycles. The summed E-state index contributed by atoms with van der Waals surface area (Å²) in [6.45, 7) is 5.95. The van der Waals surface area contributed by atoms with Crippen LogP contribution >= 0.6 is 0 Å². The Labute approximate surface area is 119 Å². The van der Waals surface area contributed by atoms with Crippen LogP contribution in [0.1, 0.15) is 32.8 Å². The first kappa shape index (κ1) is 15.9. The number of aromatic hydroxyl groups is 1. The minimum absolute atomic E-state index is 0.0685. The Morgan fingerprint density at radius 1 is 1.45 bits per heavy atom. The van der Waals surface area contributed by atoms with Crippen LogP contribution in [0.25, 0.3) is 6.08 Å². The van der Waals surface area contributed by atoms with E-state index in [2.05, 4.69) is 5.32 Å². The molecule has 1 aromatic carbocycles. The Bertz CT molecular complexity index is 490. The van der Waals surface area contributed by atoms with Gasteiger partial charge in [0.2, 0.25) is 0 Å². The second kappa shape index (κ2) is 6.84. The summed E-state index contributed by atoms with van der Waals surface area (Å²) in [5.41, 5.74) is 6.24. The Kier molecular flexibility index (Phi) is 5.43. The van der Waals surface area contributed by atoms with E-state index in [1.807, 2.05) is 39.0 Å². The van der Waals surface area contributed by atoms with Gasteiger partial charge in [-0.15, -0.1) is 0 Å². The number of ether oxygens (including phenoxy) is 1. The Hall–Kier alpha value is -2.17. The highest BCUT2D eigenvalue weighted by Crippen LogP contribution is 2.21. The summed E-state index contributed by atoms with van der Waals surface area (Å²) in [6, 6.07) is 5.05. The summed E-state index contributed by atoms with van der Waals surface area (Å²) in [4.78, 5) is 11.4. The number of alkyl carbamates (subject to hydrolysis) is 1. The van der Waals surface area contributed by atoms with E-state index in [1.54, 1.807) is 12.1 Å². The number of rotatable bonds is 4. The molecular formula is C15H22N2O3. The fourth-order valence-electron chi connectivity index (χ4n) is 1.46. The number of phenolic OH excluding ortho intramolecular Hbond substituents is 1. The number of phenols is 1. The van der Waals surface area contributed by atoms with Crippen molar-refractivity contribution in [3.63, 3.8) is 0 Å². The highest BCUT2D eigenvalue weighted by molar-refractivity contribution is 5.67. The van der Waals surface area contributed by atoms with Crippen molar-refractivity contribution in [1.82, 2.24) is 5.32 Å². The molecule has 20 heavy (non-hydrogen) atoms. The van der Waals surface area contributed by atoms with Gasteiger partial charge in [-0.2, -0.15) is 0 Å². The third kappa shape index (κ3) is 6.13. The summed E-state index contributed by atoms with van der Waals surface area (Å²) in [5, 5.41) is 12.1. The van der Waals surface area contributed by atoms with E-state index in [-0.39, 0.29) is 5.75 Å². The second-order valence-corrected chi connectivity index (χ2v) is 5.44. The van der Waals surface area contributed by atoms with Gasteiger partial charge in [-0.05, 0) is 44.9 Å². The van der Waals surface area contributed by atoms with Gasteiger partial charge in [-0.25, -0.2) is 4.79 Å². The van der Waals surface area contributed by atoms with Crippen molar-refractivity contribution >= 4 is 17.9 Å². The average molecular weight is 278 g/mol. The van der Waals surface area contributed by atoms with E-state index in [4.69, 9.17) is 10.5 Å². The molecular weight excluding hydrogens is 256 g/mol. The molecule has 0 aromatic heterocycles. The molecule has 0 radical (unpaired) electrons. The van der Waals surface area contributed by atoms with Crippen molar-refractivity contribution in [2.75, 3.05) is 12.3 Å². The molecule has 4 N–H and O–H groups in total. The summed E-state index contributed by atoms with van der Waals surface area (Å²) < 4.78 is 5.11. The van der Waals surface area contributed by atoms with Crippen molar-refractivity contribution in [3.8, 4) is 5.75 Å². The minimum atomic E-state index is -0.485. The lowest BCUT2D eigenvalue weighted by atomic mass is 10.1. The van der Waals surface area contributed by atoms with E-state index < -0.39 is 11.7 Å². The average Bonchev–Trinajstić information content (AvgIpc) is 2.31. The number of hydrogen-bond donors (Lipinski definition) is 3. The Morgan fingerprint density at radius 2 is 2.15 bits per heavy atom. The van der Waals surface area contributed by atoms with Crippen LogP contribution in [0.15, 0.2) is 24.3 Å². The normalized spacial score (nSPS) is 11.6. The van der Waals surface area contributed by atoms with Gasteiger partial charge in [0, 0.05) is 6.54 Å². The van der Waals surface area contributed by atoms with Gasteiger partial charge in [0.1, 0.15) is 11.4 Å². The van der Waals surface area contributed by atoms with Crippen LogP contribution in [-0.4, -0.2) is 23.3 Å².